The molecule has 0 spiro atoms. The van der Waals surface area contributed by atoms with E-state index in [0.717, 1.165) is 0 Å². The molecule has 0 radical (unpaired) electrons. The first-order chi connectivity index (χ1) is 6.16. The van der Waals surface area contributed by atoms with Crippen molar-refractivity contribution in [3.63, 3.8) is 0 Å². The van der Waals surface area contributed by atoms with E-state index in [-0.39, 0.29) is 0 Å². The van der Waals surface area contributed by atoms with Crippen molar-refractivity contribution < 1.29 is 0 Å². The van der Waals surface area contributed by atoms with Crippen LogP contribution in [0.2, 0.25) is 0 Å². The summed E-state index contributed by atoms with van der Waals surface area (Å²) in [4.78, 5) is 2.73. The van der Waals surface area contributed by atoms with E-state index in [4.69, 9.17) is 0 Å². The summed E-state index contributed by atoms with van der Waals surface area (Å²) in [6.07, 6.45) is 2.18. The van der Waals surface area contributed by atoms with E-state index >= 15 is 0 Å². The van der Waals surface area contributed by atoms with Crippen LogP contribution in [-0.2, 0) is 7.05 Å². The van der Waals surface area contributed by atoms with Crippen LogP contribution in [0.4, 0.5) is 0 Å². The van der Waals surface area contributed by atoms with Crippen molar-refractivity contribution in [3.8, 4) is 10.4 Å². The second-order valence-electron chi connectivity index (χ2n) is 3.39. The third-order valence-corrected chi connectivity index (χ3v) is 3.33. The van der Waals surface area contributed by atoms with Gasteiger partial charge in [-0.2, -0.15) is 0 Å². The monoisotopic (exact) mass is 191 g/mol. The predicted octanol–water partition coefficient (Wildman–Crippen LogP) is 3.37. The number of hydrogen-bond acceptors (Lipinski definition) is 1. The Morgan fingerprint density at radius 3 is 2.46 bits per heavy atom. The van der Waals surface area contributed by atoms with Crippen molar-refractivity contribution in [3.05, 3.63) is 35.0 Å². The molecule has 0 aliphatic heterocycles. The van der Waals surface area contributed by atoms with E-state index in [1.165, 1.54) is 21.0 Å². The molecule has 0 amide bonds. The van der Waals surface area contributed by atoms with Crippen LogP contribution in [0, 0.1) is 13.8 Å². The molecule has 0 saturated heterocycles. The largest absolute Gasteiger partial charge is 0.354 e. The van der Waals surface area contributed by atoms with Gasteiger partial charge < -0.3 is 4.57 Å². The summed E-state index contributed by atoms with van der Waals surface area (Å²) < 4.78 is 2.16. The Hall–Kier alpha value is -1.02. The lowest BCUT2D eigenvalue weighted by Crippen LogP contribution is -1.85. The minimum absolute atomic E-state index is 1.31. The fourth-order valence-corrected chi connectivity index (χ4v) is 2.25. The third-order valence-electron chi connectivity index (χ3n) is 2.28. The number of hydrogen-bond donors (Lipinski definition) is 0. The summed E-state index contributed by atoms with van der Waals surface area (Å²) in [5.41, 5.74) is 2.64. The molecule has 0 bridgehead atoms. The first kappa shape index (κ1) is 8.57. The van der Waals surface area contributed by atoms with Crippen LogP contribution in [0.1, 0.15) is 10.6 Å². The van der Waals surface area contributed by atoms with E-state index in [1.807, 2.05) is 11.3 Å². The van der Waals surface area contributed by atoms with E-state index < -0.39 is 0 Å². The molecule has 2 heteroatoms. The lowest BCUT2D eigenvalue weighted by Gasteiger charge is -1.90. The first-order valence-corrected chi connectivity index (χ1v) is 5.18. The predicted molar refractivity (Wildman–Crippen MR) is 58.2 cm³/mol. The maximum absolute atomic E-state index is 2.23. The van der Waals surface area contributed by atoms with Gasteiger partial charge in [-0.25, -0.2) is 0 Å². The maximum atomic E-state index is 2.23. The fourth-order valence-electron chi connectivity index (χ4n) is 1.40. The molecule has 0 saturated carbocycles. The first-order valence-electron chi connectivity index (χ1n) is 4.36. The Morgan fingerprint density at radius 1 is 1.23 bits per heavy atom. The van der Waals surface area contributed by atoms with Crippen molar-refractivity contribution in [2.45, 2.75) is 13.8 Å². The fraction of sp³-hybridized carbons (Fsp3) is 0.273. The second-order valence-corrected chi connectivity index (χ2v) is 4.68. The molecule has 0 N–H and O–H groups in total. The van der Waals surface area contributed by atoms with Gasteiger partial charge in [-0.15, -0.1) is 11.3 Å². The van der Waals surface area contributed by atoms with Gasteiger partial charge in [-0.3, -0.25) is 0 Å². The summed E-state index contributed by atoms with van der Waals surface area (Å²) in [5.74, 6) is 0. The second kappa shape index (κ2) is 3.04. The van der Waals surface area contributed by atoms with Gasteiger partial charge in [0.1, 0.15) is 0 Å². The number of thiophene rings is 1. The van der Waals surface area contributed by atoms with Crippen molar-refractivity contribution in [1.29, 1.82) is 0 Å². The smallest absolute Gasteiger partial charge is 0.0360 e. The maximum Gasteiger partial charge on any atom is 0.0360 e. The van der Waals surface area contributed by atoms with Gasteiger partial charge in [0.15, 0.2) is 0 Å². The molecule has 0 aromatic carbocycles. The molecule has 0 aliphatic carbocycles. The number of aryl methyl sites for hydroxylation is 3. The van der Waals surface area contributed by atoms with Crippen LogP contribution in [0.25, 0.3) is 10.4 Å². The molecular weight excluding hydrogens is 178 g/mol. The van der Waals surface area contributed by atoms with E-state index in [2.05, 4.69) is 49.9 Å². The lowest BCUT2D eigenvalue weighted by atomic mass is 10.2. The van der Waals surface area contributed by atoms with Gasteiger partial charge in [-0.05, 0) is 32.0 Å². The Kier molecular flexibility index (Phi) is 2.00. The highest BCUT2D eigenvalue weighted by molar-refractivity contribution is 7.15. The summed E-state index contributed by atoms with van der Waals surface area (Å²) in [6, 6.07) is 6.59. The van der Waals surface area contributed by atoms with Gasteiger partial charge in [0.2, 0.25) is 0 Å². The topological polar surface area (TPSA) is 4.93 Å². The quantitative estimate of drug-likeness (QED) is 0.651. The van der Waals surface area contributed by atoms with Crippen molar-refractivity contribution in [2.24, 2.45) is 7.05 Å². The van der Waals surface area contributed by atoms with Crippen LogP contribution in [0.3, 0.4) is 0 Å². The molecule has 2 aromatic rings. The molecule has 0 unspecified atom stereocenters. The van der Waals surface area contributed by atoms with Crippen LogP contribution in [-0.4, -0.2) is 4.57 Å². The summed E-state index contributed by atoms with van der Waals surface area (Å²) >= 11 is 1.85. The molecule has 0 atom stereocenters. The van der Waals surface area contributed by atoms with Gasteiger partial charge in [0.05, 0.1) is 0 Å². The van der Waals surface area contributed by atoms with Crippen LogP contribution < -0.4 is 0 Å². The zero-order chi connectivity index (χ0) is 9.42. The molecule has 13 heavy (non-hydrogen) atoms. The minimum atomic E-state index is 1.31. The number of nitrogens with zero attached hydrogens (tertiary/aromatic N) is 1. The Labute approximate surface area is 82.6 Å². The molecule has 2 heterocycles. The highest BCUT2D eigenvalue weighted by Gasteiger charge is 2.03. The lowest BCUT2D eigenvalue weighted by molar-refractivity contribution is 0.883. The summed E-state index contributed by atoms with van der Waals surface area (Å²) in [5, 5.41) is 0. The zero-order valence-corrected chi connectivity index (χ0v) is 8.98. The van der Waals surface area contributed by atoms with Crippen molar-refractivity contribution in [2.75, 3.05) is 0 Å². The van der Waals surface area contributed by atoms with Crippen molar-refractivity contribution >= 4 is 11.3 Å². The van der Waals surface area contributed by atoms with Gasteiger partial charge in [0.25, 0.3) is 0 Å². The van der Waals surface area contributed by atoms with E-state index in [0.29, 0.717) is 0 Å². The SMILES string of the molecule is Cc1ccc(-c2cc(C)n(C)c2)s1. The molecule has 0 fully saturated rings. The zero-order valence-electron chi connectivity index (χ0n) is 8.16. The third kappa shape index (κ3) is 1.54. The van der Waals surface area contributed by atoms with Gasteiger partial charge in [0, 0.05) is 34.3 Å². The summed E-state index contributed by atoms with van der Waals surface area (Å²) in [6.45, 7) is 4.27. The van der Waals surface area contributed by atoms with Gasteiger partial charge >= 0.3 is 0 Å². The van der Waals surface area contributed by atoms with Crippen molar-refractivity contribution in [1.82, 2.24) is 4.57 Å². The highest BCUT2D eigenvalue weighted by Crippen LogP contribution is 2.28. The molecule has 2 aromatic heterocycles. The molecule has 2 rings (SSSR count). The van der Waals surface area contributed by atoms with Crippen LogP contribution >= 0.6 is 11.3 Å². The summed E-state index contributed by atoms with van der Waals surface area (Å²) in [7, 11) is 2.08. The average molecular weight is 191 g/mol. The standard InChI is InChI=1S/C11H13NS/c1-8-6-10(7-12(8)3)11-5-4-9(2)13-11/h4-7H,1-3H3. The molecule has 0 aliphatic rings. The van der Waals surface area contributed by atoms with Crippen LogP contribution in [0.5, 0.6) is 0 Å². The van der Waals surface area contributed by atoms with E-state index in [9.17, 15) is 0 Å². The van der Waals surface area contributed by atoms with E-state index in [1.54, 1.807) is 0 Å². The average Bonchev–Trinajstić information content (AvgIpc) is 2.61. The Morgan fingerprint density at radius 2 is 2.00 bits per heavy atom. The Bertz CT molecular complexity index is 403. The normalized spacial score (nSPS) is 10.7. The number of rotatable bonds is 1. The van der Waals surface area contributed by atoms with Crippen LogP contribution in [0.15, 0.2) is 24.4 Å². The van der Waals surface area contributed by atoms with Gasteiger partial charge in [-0.1, -0.05) is 0 Å². The minimum Gasteiger partial charge on any atom is -0.354 e. The highest BCUT2D eigenvalue weighted by atomic mass is 32.1. The molecule has 68 valence electrons. The molecule has 1 nitrogen and oxygen atoms in total. The number of aromatic nitrogens is 1. The molecular formula is C11H13NS. The Balaban J connectivity index is 2.46.